The van der Waals surface area contributed by atoms with Gasteiger partial charge < -0.3 is 15.0 Å². The van der Waals surface area contributed by atoms with Crippen LogP contribution in [0.15, 0.2) is 36.4 Å². The molecule has 3 aromatic rings. The van der Waals surface area contributed by atoms with Gasteiger partial charge in [-0.3, -0.25) is 0 Å². The number of hydrogen-bond acceptors (Lipinski definition) is 3. The minimum atomic E-state index is 0.0345. The van der Waals surface area contributed by atoms with E-state index in [2.05, 4.69) is 15.3 Å². The second-order valence-corrected chi connectivity index (χ2v) is 7.35. The summed E-state index contributed by atoms with van der Waals surface area (Å²) in [6.07, 6.45) is 1.94. The van der Waals surface area contributed by atoms with Crippen LogP contribution in [0, 0.1) is 0 Å². The van der Waals surface area contributed by atoms with E-state index in [4.69, 9.17) is 27.9 Å². The Morgan fingerprint density at radius 2 is 1.88 bits per heavy atom. The van der Waals surface area contributed by atoms with Crippen molar-refractivity contribution in [3.05, 3.63) is 57.8 Å². The Hall–Kier alpha value is -1.75. The molecule has 0 aliphatic carbocycles. The number of H-pyrrole nitrogens is 1. The summed E-state index contributed by atoms with van der Waals surface area (Å²) in [6.45, 7) is 5.49. The first-order valence-corrected chi connectivity index (χ1v) is 9.57. The van der Waals surface area contributed by atoms with Crippen molar-refractivity contribution in [2.75, 3.05) is 6.54 Å². The standard InChI is InChI=1S/C20H23Cl2N3O/c1-13(2)26-20-15(21)10-14(11-16(20)22)12-23-9-5-8-19-24-17-6-3-4-7-18(17)25-19/h3-4,6-7,10-11,13,23H,5,8-9,12H2,1-2H3,(H,24,25). The summed E-state index contributed by atoms with van der Waals surface area (Å²) in [5, 5.41) is 4.51. The maximum Gasteiger partial charge on any atom is 0.156 e. The van der Waals surface area contributed by atoms with E-state index < -0.39 is 0 Å². The van der Waals surface area contributed by atoms with Crippen molar-refractivity contribution in [3.8, 4) is 5.75 Å². The van der Waals surface area contributed by atoms with Crippen molar-refractivity contribution in [1.82, 2.24) is 15.3 Å². The van der Waals surface area contributed by atoms with Gasteiger partial charge in [0.15, 0.2) is 5.75 Å². The lowest BCUT2D eigenvalue weighted by Gasteiger charge is -2.14. The lowest BCUT2D eigenvalue weighted by Crippen LogP contribution is -2.15. The molecule has 2 N–H and O–H groups in total. The fourth-order valence-corrected chi connectivity index (χ4v) is 3.42. The number of rotatable bonds is 8. The molecule has 0 spiro atoms. The van der Waals surface area contributed by atoms with Gasteiger partial charge in [-0.2, -0.15) is 0 Å². The van der Waals surface area contributed by atoms with Crippen LogP contribution in [0.1, 0.15) is 31.7 Å². The smallest absolute Gasteiger partial charge is 0.156 e. The highest BCUT2D eigenvalue weighted by Crippen LogP contribution is 2.34. The maximum absolute atomic E-state index is 6.29. The molecule has 0 fully saturated rings. The zero-order valence-corrected chi connectivity index (χ0v) is 16.5. The second-order valence-electron chi connectivity index (χ2n) is 6.54. The Morgan fingerprint density at radius 1 is 1.15 bits per heavy atom. The van der Waals surface area contributed by atoms with Crippen LogP contribution in [0.25, 0.3) is 11.0 Å². The number of halogens is 2. The van der Waals surface area contributed by atoms with Crippen LogP contribution in [-0.2, 0) is 13.0 Å². The molecule has 0 amide bonds. The summed E-state index contributed by atoms with van der Waals surface area (Å²) < 4.78 is 5.65. The molecule has 0 aliphatic heterocycles. The molecular formula is C20H23Cl2N3O. The molecule has 0 unspecified atom stereocenters. The van der Waals surface area contributed by atoms with E-state index in [0.29, 0.717) is 22.3 Å². The van der Waals surface area contributed by atoms with Crippen LogP contribution in [0.3, 0.4) is 0 Å². The number of nitrogens with zero attached hydrogens (tertiary/aromatic N) is 1. The van der Waals surface area contributed by atoms with Crippen LogP contribution in [-0.4, -0.2) is 22.6 Å². The number of para-hydroxylation sites is 2. The van der Waals surface area contributed by atoms with Gasteiger partial charge in [-0.05, 0) is 56.6 Å². The van der Waals surface area contributed by atoms with Crippen LogP contribution in [0.4, 0.5) is 0 Å². The van der Waals surface area contributed by atoms with Gasteiger partial charge in [-0.15, -0.1) is 0 Å². The lowest BCUT2D eigenvalue weighted by molar-refractivity contribution is 0.242. The van der Waals surface area contributed by atoms with Gasteiger partial charge in [0.25, 0.3) is 0 Å². The van der Waals surface area contributed by atoms with Crippen molar-refractivity contribution >= 4 is 34.2 Å². The van der Waals surface area contributed by atoms with Crippen molar-refractivity contribution in [2.24, 2.45) is 0 Å². The molecule has 0 aliphatic rings. The Kier molecular flexibility index (Phi) is 6.41. The van der Waals surface area contributed by atoms with Crippen molar-refractivity contribution in [2.45, 2.75) is 39.3 Å². The topological polar surface area (TPSA) is 49.9 Å². The highest BCUT2D eigenvalue weighted by atomic mass is 35.5. The highest BCUT2D eigenvalue weighted by molar-refractivity contribution is 6.37. The van der Waals surface area contributed by atoms with Gasteiger partial charge in [-0.25, -0.2) is 4.98 Å². The zero-order valence-electron chi connectivity index (χ0n) is 15.0. The molecule has 3 rings (SSSR count). The quantitative estimate of drug-likeness (QED) is 0.506. The summed E-state index contributed by atoms with van der Waals surface area (Å²) in [5.41, 5.74) is 3.15. The Morgan fingerprint density at radius 3 is 2.58 bits per heavy atom. The third-order valence-corrected chi connectivity index (χ3v) is 4.51. The number of aromatic amines is 1. The maximum atomic E-state index is 6.29. The van der Waals surface area contributed by atoms with Gasteiger partial charge in [-0.1, -0.05) is 35.3 Å². The number of ether oxygens (including phenoxy) is 1. The van der Waals surface area contributed by atoms with Crippen molar-refractivity contribution in [3.63, 3.8) is 0 Å². The van der Waals surface area contributed by atoms with Crippen molar-refractivity contribution < 1.29 is 4.74 Å². The molecule has 4 nitrogen and oxygen atoms in total. The third-order valence-electron chi connectivity index (χ3n) is 3.95. The molecule has 0 saturated heterocycles. The molecule has 0 radical (unpaired) electrons. The molecular weight excluding hydrogens is 369 g/mol. The van der Waals surface area contributed by atoms with Crippen LogP contribution in [0.2, 0.25) is 10.0 Å². The van der Waals surface area contributed by atoms with E-state index in [1.807, 2.05) is 50.2 Å². The summed E-state index contributed by atoms with van der Waals surface area (Å²) in [6, 6.07) is 11.9. The molecule has 1 aromatic heterocycles. The average Bonchev–Trinajstić information content (AvgIpc) is 3.00. The number of aromatic nitrogens is 2. The van der Waals surface area contributed by atoms with Crippen LogP contribution >= 0.6 is 23.2 Å². The molecule has 2 aromatic carbocycles. The minimum Gasteiger partial charge on any atom is -0.488 e. The first kappa shape index (κ1) is 19.0. The molecule has 0 atom stereocenters. The molecule has 0 saturated carbocycles. The average molecular weight is 392 g/mol. The van der Waals surface area contributed by atoms with E-state index in [-0.39, 0.29) is 6.10 Å². The van der Waals surface area contributed by atoms with E-state index in [1.54, 1.807) is 0 Å². The normalized spacial score (nSPS) is 11.4. The molecule has 0 bridgehead atoms. The van der Waals surface area contributed by atoms with E-state index in [0.717, 1.165) is 41.8 Å². The number of nitrogens with one attached hydrogen (secondary N) is 2. The Labute approximate surface area is 163 Å². The number of hydrogen-bond donors (Lipinski definition) is 2. The first-order chi connectivity index (χ1) is 12.5. The fraction of sp³-hybridized carbons (Fsp3) is 0.350. The summed E-state index contributed by atoms with van der Waals surface area (Å²) in [5.74, 6) is 1.58. The number of aryl methyl sites for hydroxylation is 1. The van der Waals surface area contributed by atoms with Crippen LogP contribution < -0.4 is 10.1 Å². The van der Waals surface area contributed by atoms with Gasteiger partial charge in [0.05, 0.1) is 27.2 Å². The predicted octanol–water partition coefficient (Wildman–Crippen LogP) is 5.38. The van der Waals surface area contributed by atoms with Crippen molar-refractivity contribution in [1.29, 1.82) is 0 Å². The lowest BCUT2D eigenvalue weighted by atomic mass is 10.2. The minimum absolute atomic E-state index is 0.0345. The van der Waals surface area contributed by atoms with E-state index in [1.165, 1.54) is 0 Å². The van der Waals surface area contributed by atoms with E-state index in [9.17, 15) is 0 Å². The highest BCUT2D eigenvalue weighted by Gasteiger charge is 2.11. The molecule has 6 heteroatoms. The summed E-state index contributed by atoms with van der Waals surface area (Å²) in [7, 11) is 0. The Bertz CT molecular complexity index is 820. The molecule has 1 heterocycles. The monoisotopic (exact) mass is 391 g/mol. The summed E-state index contributed by atoms with van der Waals surface area (Å²) in [4.78, 5) is 7.95. The van der Waals surface area contributed by atoms with E-state index >= 15 is 0 Å². The zero-order chi connectivity index (χ0) is 18.5. The largest absolute Gasteiger partial charge is 0.488 e. The molecule has 138 valence electrons. The van der Waals surface area contributed by atoms with Gasteiger partial charge >= 0.3 is 0 Å². The predicted molar refractivity (Wildman–Crippen MR) is 108 cm³/mol. The molecule has 26 heavy (non-hydrogen) atoms. The van der Waals surface area contributed by atoms with Crippen LogP contribution in [0.5, 0.6) is 5.75 Å². The third kappa shape index (κ3) is 4.91. The van der Waals surface area contributed by atoms with Gasteiger partial charge in [0.2, 0.25) is 0 Å². The first-order valence-electron chi connectivity index (χ1n) is 8.82. The van der Waals surface area contributed by atoms with Gasteiger partial charge in [0, 0.05) is 13.0 Å². The SMILES string of the molecule is CC(C)Oc1c(Cl)cc(CNCCCc2nc3ccccc3[nH]2)cc1Cl. The number of fused-ring (bicyclic) bond motifs is 1. The van der Waals surface area contributed by atoms with Gasteiger partial charge in [0.1, 0.15) is 5.82 Å². The summed E-state index contributed by atoms with van der Waals surface area (Å²) >= 11 is 12.6. The number of benzene rings is 2. The Balaban J connectivity index is 1.47. The second kappa shape index (κ2) is 8.76. The fourth-order valence-electron chi connectivity index (χ4n) is 2.80. The number of imidazole rings is 1.